The van der Waals surface area contributed by atoms with Crippen LogP contribution in [0.15, 0.2) is 43.2 Å². The molecule has 8 heteroatoms. The van der Waals surface area contributed by atoms with Crippen LogP contribution in [0.25, 0.3) is 16.8 Å². The van der Waals surface area contributed by atoms with E-state index < -0.39 is 0 Å². The zero-order valence-electron chi connectivity index (χ0n) is 10.3. The van der Waals surface area contributed by atoms with Gasteiger partial charge in [-0.15, -0.1) is 0 Å². The lowest BCUT2D eigenvalue weighted by atomic mass is 10.5. The van der Waals surface area contributed by atoms with Gasteiger partial charge in [0, 0.05) is 6.20 Å². The molecule has 0 amide bonds. The van der Waals surface area contributed by atoms with E-state index in [-0.39, 0.29) is 5.88 Å². The number of aromatic hydroxyl groups is 1. The largest absolute Gasteiger partial charge is 0.492 e. The number of anilines is 1. The lowest BCUT2D eigenvalue weighted by Crippen LogP contribution is -1.91. The molecule has 0 aliphatic heterocycles. The third kappa shape index (κ3) is 2.21. The van der Waals surface area contributed by atoms with Crippen molar-refractivity contribution in [3.05, 3.63) is 43.2 Å². The van der Waals surface area contributed by atoms with Crippen LogP contribution >= 0.6 is 0 Å². The number of nitrogens with zero attached hydrogens (tertiary/aromatic N) is 5. The van der Waals surface area contributed by atoms with Gasteiger partial charge in [0.2, 0.25) is 5.88 Å². The maximum atomic E-state index is 8.92. The third-order valence-corrected chi connectivity index (χ3v) is 2.60. The molecule has 0 saturated carbocycles. The Labute approximate surface area is 113 Å². The normalized spacial score (nSPS) is 10.4. The minimum absolute atomic E-state index is 0.0613. The van der Waals surface area contributed by atoms with Gasteiger partial charge in [-0.2, -0.15) is 4.98 Å². The molecule has 4 aromatic heterocycles. The second-order valence-corrected chi connectivity index (χ2v) is 3.93. The highest BCUT2D eigenvalue weighted by atomic mass is 16.3. The van der Waals surface area contributed by atoms with E-state index in [9.17, 15) is 0 Å². The van der Waals surface area contributed by atoms with Crippen LogP contribution in [0.2, 0.25) is 0 Å². The average Bonchev–Trinajstić information content (AvgIpc) is 3.04. The number of H-pyrrole nitrogens is 1. The topological polar surface area (TPSA) is 118 Å². The predicted molar refractivity (Wildman–Crippen MR) is 73.0 cm³/mol. The van der Waals surface area contributed by atoms with Crippen LogP contribution in [0, 0.1) is 0 Å². The second-order valence-electron chi connectivity index (χ2n) is 3.93. The number of pyridine rings is 1. The minimum Gasteiger partial charge on any atom is -0.492 e. The summed E-state index contributed by atoms with van der Waals surface area (Å²) in [4.78, 5) is 18.2. The zero-order valence-corrected chi connectivity index (χ0v) is 10.3. The number of aromatic amines is 1. The first-order valence-electron chi connectivity index (χ1n) is 5.76. The smallest absolute Gasteiger partial charge is 0.230 e. The molecule has 0 aliphatic rings. The molecule has 4 aromatic rings. The van der Waals surface area contributed by atoms with Crippen molar-refractivity contribution in [2.24, 2.45) is 0 Å². The number of nitrogens with two attached hydrogens (primary N) is 1. The molecular weight excluding hydrogens is 258 g/mol. The van der Waals surface area contributed by atoms with Gasteiger partial charge in [0.1, 0.15) is 17.5 Å². The van der Waals surface area contributed by atoms with Crippen molar-refractivity contribution < 1.29 is 5.11 Å². The van der Waals surface area contributed by atoms with Gasteiger partial charge in [-0.1, -0.05) is 6.07 Å². The predicted octanol–water partition coefficient (Wildman–Crippen LogP) is 0.975. The SMILES string of the molecule is Nc1ncnc2nc[nH]c12.Oc1cn2ccccc2n1. The van der Waals surface area contributed by atoms with Gasteiger partial charge < -0.3 is 20.2 Å². The minimum atomic E-state index is 0.0613. The van der Waals surface area contributed by atoms with Crippen LogP contribution in [-0.4, -0.2) is 34.4 Å². The fraction of sp³-hybridized carbons (Fsp3) is 0. The third-order valence-electron chi connectivity index (χ3n) is 2.60. The van der Waals surface area contributed by atoms with Crippen molar-refractivity contribution in [3.8, 4) is 5.88 Å². The number of hydrogen-bond donors (Lipinski definition) is 3. The number of nitrogens with one attached hydrogen (secondary N) is 1. The average molecular weight is 269 g/mol. The van der Waals surface area contributed by atoms with Crippen LogP contribution in [0.1, 0.15) is 0 Å². The van der Waals surface area contributed by atoms with Gasteiger partial charge in [-0.05, 0) is 12.1 Å². The van der Waals surface area contributed by atoms with E-state index >= 15 is 0 Å². The summed E-state index contributed by atoms with van der Waals surface area (Å²) in [5.74, 6) is 0.494. The molecule has 0 unspecified atom stereocenters. The quantitative estimate of drug-likeness (QED) is 0.438. The summed E-state index contributed by atoms with van der Waals surface area (Å²) in [6, 6.07) is 5.59. The Hall–Kier alpha value is -3.16. The Kier molecular flexibility index (Phi) is 2.88. The summed E-state index contributed by atoms with van der Waals surface area (Å²) in [6.07, 6.45) is 6.32. The zero-order chi connectivity index (χ0) is 13.9. The molecule has 20 heavy (non-hydrogen) atoms. The van der Waals surface area contributed by atoms with E-state index in [4.69, 9.17) is 10.8 Å². The fourth-order valence-corrected chi connectivity index (χ4v) is 1.71. The Morgan fingerprint density at radius 2 is 2.10 bits per heavy atom. The van der Waals surface area contributed by atoms with E-state index in [1.165, 1.54) is 12.7 Å². The molecular formula is C12H11N7O. The van der Waals surface area contributed by atoms with Gasteiger partial charge in [0.05, 0.1) is 12.5 Å². The molecule has 0 atom stereocenters. The number of hydrogen-bond acceptors (Lipinski definition) is 6. The highest BCUT2D eigenvalue weighted by Gasteiger charge is 1.99. The maximum Gasteiger partial charge on any atom is 0.230 e. The van der Waals surface area contributed by atoms with Gasteiger partial charge in [0.25, 0.3) is 0 Å². The van der Waals surface area contributed by atoms with Crippen molar-refractivity contribution in [1.29, 1.82) is 0 Å². The van der Waals surface area contributed by atoms with Crippen LogP contribution in [0.3, 0.4) is 0 Å². The van der Waals surface area contributed by atoms with E-state index in [0.29, 0.717) is 17.0 Å². The van der Waals surface area contributed by atoms with Crippen molar-refractivity contribution in [1.82, 2.24) is 29.3 Å². The van der Waals surface area contributed by atoms with Gasteiger partial charge in [-0.3, -0.25) is 0 Å². The molecule has 0 radical (unpaired) electrons. The maximum absolute atomic E-state index is 8.92. The summed E-state index contributed by atoms with van der Waals surface area (Å²) in [6.45, 7) is 0. The number of rotatable bonds is 0. The Balaban J connectivity index is 0.000000121. The highest BCUT2D eigenvalue weighted by molar-refractivity contribution is 5.80. The van der Waals surface area contributed by atoms with Crippen LogP contribution in [-0.2, 0) is 0 Å². The monoisotopic (exact) mass is 269 g/mol. The summed E-state index contributed by atoms with van der Waals surface area (Å²) < 4.78 is 1.76. The molecule has 0 aliphatic carbocycles. The van der Waals surface area contributed by atoms with Gasteiger partial charge in [-0.25, -0.2) is 15.0 Å². The molecule has 0 bridgehead atoms. The van der Waals surface area contributed by atoms with E-state index in [1.54, 1.807) is 10.6 Å². The summed E-state index contributed by atoms with van der Waals surface area (Å²) in [7, 11) is 0. The van der Waals surface area contributed by atoms with E-state index in [0.717, 1.165) is 5.65 Å². The molecule has 4 N–H and O–H groups in total. The fourth-order valence-electron chi connectivity index (χ4n) is 1.71. The summed E-state index contributed by atoms with van der Waals surface area (Å²) >= 11 is 0. The Morgan fingerprint density at radius 1 is 1.20 bits per heavy atom. The van der Waals surface area contributed by atoms with Crippen molar-refractivity contribution >= 4 is 22.6 Å². The van der Waals surface area contributed by atoms with Gasteiger partial charge >= 0.3 is 0 Å². The molecule has 0 fully saturated rings. The lowest BCUT2D eigenvalue weighted by molar-refractivity contribution is 0.457. The first-order valence-corrected chi connectivity index (χ1v) is 5.76. The molecule has 0 saturated heterocycles. The molecule has 0 spiro atoms. The van der Waals surface area contributed by atoms with Crippen LogP contribution in [0.4, 0.5) is 5.82 Å². The van der Waals surface area contributed by atoms with Crippen molar-refractivity contribution in [3.63, 3.8) is 0 Å². The molecule has 4 heterocycles. The van der Waals surface area contributed by atoms with Crippen molar-refractivity contribution in [2.75, 3.05) is 5.73 Å². The second kappa shape index (κ2) is 4.84. The lowest BCUT2D eigenvalue weighted by Gasteiger charge is -1.89. The molecule has 4 rings (SSSR count). The Bertz CT molecular complexity index is 817. The van der Waals surface area contributed by atoms with Gasteiger partial charge in [0.15, 0.2) is 11.5 Å². The van der Waals surface area contributed by atoms with E-state index in [1.807, 2.05) is 24.4 Å². The number of nitrogen functional groups attached to an aromatic ring is 1. The number of imidazole rings is 2. The first kappa shape index (κ1) is 11.9. The molecule has 8 nitrogen and oxygen atoms in total. The summed E-state index contributed by atoms with van der Waals surface area (Å²) in [5, 5.41) is 8.92. The highest BCUT2D eigenvalue weighted by Crippen LogP contribution is 2.09. The Morgan fingerprint density at radius 3 is 2.90 bits per heavy atom. The van der Waals surface area contributed by atoms with Crippen LogP contribution < -0.4 is 5.73 Å². The number of fused-ring (bicyclic) bond motifs is 2. The van der Waals surface area contributed by atoms with E-state index in [2.05, 4.69) is 24.9 Å². The first-order chi connectivity index (χ1) is 9.74. The van der Waals surface area contributed by atoms with Crippen LogP contribution in [0.5, 0.6) is 5.88 Å². The standard InChI is InChI=1S/C7H6N2O.C5H5N5/c10-7-5-9-4-2-1-3-6(9)8-7;6-4-3-5(9-1-7-3)10-2-8-4/h1-5,10H;1-2H,(H3,6,7,8,9,10). The van der Waals surface area contributed by atoms with Crippen molar-refractivity contribution in [2.45, 2.75) is 0 Å². The molecule has 100 valence electrons. The summed E-state index contributed by atoms with van der Waals surface area (Å²) in [5.41, 5.74) is 7.54. The number of aromatic nitrogens is 6. The molecule has 0 aromatic carbocycles.